The Labute approximate surface area is 132 Å². The van der Waals surface area contributed by atoms with Crippen molar-refractivity contribution in [1.29, 1.82) is 0 Å². The van der Waals surface area contributed by atoms with Crippen LogP contribution in [0.4, 0.5) is 0 Å². The molecule has 0 saturated heterocycles. The Morgan fingerprint density at radius 3 is 2.10 bits per heavy atom. The molecule has 0 unspecified atom stereocenters. The summed E-state index contributed by atoms with van der Waals surface area (Å²) in [5.74, 6) is 0. The van der Waals surface area contributed by atoms with Gasteiger partial charge in [-0.25, -0.2) is 0 Å². The molecule has 0 aromatic heterocycles. The van der Waals surface area contributed by atoms with Gasteiger partial charge in [0, 0.05) is 5.02 Å². The normalized spacial score (nSPS) is 14.1. The zero-order valence-corrected chi connectivity index (χ0v) is 13.7. The van der Waals surface area contributed by atoms with E-state index in [1.807, 2.05) is 42.5 Å². The van der Waals surface area contributed by atoms with Crippen molar-refractivity contribution in [2.75, 3.05) is 27.2 Å². The molecule has 21 heavy (non-hydrogen) atoms. The van der Waals surface area contributed by atoms with Gasteiger partial charge in [0.15, 0.2) is 0 Å². The predicted molar refractivity (Wildman–Crippen MR) is 88.0 cm³/mol. The minimum atomic E-state index is -0.457. The Morgan fingerprint density at radius 1 is 0.952 bits per heavy atom. The van der Waals surface area contributed by atoms with Crippen LogP contribution in [-0.4, -0.2) is 27.2 Å². The third kappa shape index (κ3) is 4.07. The van der Waals surface area contributed by atoms with Crippen LogP contribution in [0.5, 0.6) is 0 Å². The molecule has 2 rings (SSSR count). The lowest BCUT2D eigenvalue weighted by atomic mass is 9.88. The minimum absolute atomic E-state index is 0.457. The third-order valence-corrected chi connectivity index (χ3v) is 3.96. The first-order valence-electron chi connectivity index (χ1n) is 7.27. The zero-order valence-electron chi connectivity index (χ0n) is 12.9. The highest BCUT2D eigenvalue weighted by Crippen LogP contribution is 2.33. The molecule has 3 heteroatoms. The van der Waals surface area contributed by atoms with E-state index >= 15 is 0 Å². The van der Waals surface area contributed by atoms with Crippen molar-refractivity contribution in [3.05, 3.63) is 70.7 Å². The van der Waals surface area contributed by atoms with Crippen LogP contribution in [0.2, 0.25) is 5.02 Å². The van der Waals surface area contributed by atoms with Crippen molar-refractivity contribution in [1.82, 2.24) is 0 Å². The van der Waals surface area contributed by atoms with E-state index in [1.54, 1.807) is 0 Å². The van der Waals surface area contributed by atoms with E-state index in [4.69, 9.17) is 16.3 Å². The van der Waals surface area contributed by atoms with Gasteiger partial charge in [0.05, 0.1) is 20.7 Å². The number of rotatable bonds is 6. The maximum atomic E-state index is 6.29. The van der Waals surface area contributed by atoms with Crippen molar-refractivity contribution in [2.24, 2.45) is 0 Å². The lowest BCUT2D eigenvalue weighted by Crippen LogP contribution is -3.06. The van der Waals surface area contributed by atoms with Crippen LogP contribution < -0.4 is 4.90 Å². The van der Waals surface area contributed by atoms with Crippen LogP contribution in [0.3, 0.4) is 0 Å². The van der Waals surface area contributed by atoms with Gasteiger partial charge in [-0.3, -0.25) is 0 Å². The van der Waals surface area contributed by atoms with Gasteiger partial charge in [0.2, 0.25) is 0 Å². The fourth-order valence-corrected chi connectivity index (χ4v) is 2.44. The summed E-state index contributed by atoms with van der Waals surface area (Å²) in [7, 11) is 4.26. The average molecular weight is 305 g/mol. The fourth-order valence-electron chi connectivity index (χ4n) is 2.32. The van der Waals surface area contributed by atoms with Gasteiger partial charge >= 0.3 is 0 Å². The highest BCUT2D eigenvalue weighted by atomic mass is 35.5. The van der Waals surface area contributed by atoms with Crippen LogP contribution in [0, 0.1) is 0 Å². The van der Waals surface area contributed by atoms with Gasteiger partial charge < -0.3 is 9.64 Å². The Bertz CT molecular complexity index is 553. The smallest absolute Gasteiger partial charge is 0.116 e. The molecule has 0 saturated carbocycles. The maximum absolute atomic E-state index is 6.29. The Hall–Kier alpha value is -1.35. The van der Waals surface area contributed by atoms with Gasteiger partial charge in [-0.15, -0.1) is 0 Å². The lowest BCUT2D eigenvalue weighted by Gasteiger charge is -2.31. The largest absolute Gasteiger partial charge is 0.360 e. The number of halogens is 1. The average Bonchev–Trinajstić information content (AvgIpc) is 2.48. The third-order valence-electron chi connectivity index (χ3n) is 3.71. The van der Waals surface area contributed by atoms with E-state index in [1.165, 1.54) is 4.90 Å². The summed E-state index contributed by atoms with van der Waals surface area (Å²) in [6, 6.07) is 18.2. The summed E-state index contributed by atoms with van der Waals surface area (Å²) in [5, 5.41) is 0.742. The molecule has 0 fully saturated rings. The first-order chi connectivity index (χ1) is 10.0. The summed E-state index contributed by atoms with van der Waals surface area (Å²) in [6.45, 7) is 3.79. The molecule has 0 amide bonds. The molecule has 2 nitrogen and oxygen atoms in total. The molecule has 1 atom stereocenters. The Balaban J connectivity index is 2.31. The monoisotopic (exact) mass is 304 g/mol. The van der Waals surface area contributed by atoms with Crippen LogP contribution >= 0.6 is 11.6 Å². The molecule has 0 aliphatic rings. The van der Waals surface area contributed by atoms with Crippen LogP contribution in [0.25, 0.3) is 0 Å². The van der Waals surface area contributed by atoms with E-state index < -0.39 is 5.60 Å². The molecule has 0 aliphatic heterocycles. The number of ether oxygens (including phenoxy) is 1. The van der Waals surface area contributed by atoms with Crippen LogP contribution in [0.1, 0.15) is 18.1 Å². The molecular weight excluding hydrogens is 282 g/mol. The predicted octanol–water partition coefficient (Wildman–Crippen LogP) is 2.76. The van der Waals surface area contributed by atoms with Gasteiger partial charge in [0.1, 0.15) is 12.1 Å². The number of hydrogen-bond donors (Lipinski definition) is 1. The van der Waals surface area contributed by atoms with E-state index in [9.17, 15) is 0 Å². The summed E-state index contributed by atoms with van der Waals surface area (Å²) in [4.78, 5) is 1.38. The molecule has 1 N–H and O–H groups in total. The van der Waals surface area contributed by atoms with Gasteiger partial charge in [-0.05, 0) is 30.2 Å². The summed E-state index contributed by atoms with van der Waals surface area (Å²) in [6.07, 6.45) is 0. The van der Waals surface area contributed by atoms with Crippen molar-refractivity contribution < 1.29 is 9.64 Å². The van der Waals surface area contributed by atoms with Gasteiger partial charge in [-0.2, -0.15) is 0 Å². The maximum Gasteiger partial charge on any atom is 0.116 e. The van der Waals surface area contributed by atoms with Crippen molar-refractivity contribution >= 4 is 11.6 Å². The molecule has 0 aliphatic carbocycles. The number of hydrogen-bond acceptors (Lipinski definition) is 1. The van der Waals surface area contributed by atoms with E-state index in [-0.39, 0.29) is 0 Å². The minimum Gasteiger partial charge on any atom is -0.360 e. The second-order valence-corrected chi connectivity index (χ2v) is 6.15. The van der Waals surface area contributed by atoms with E-state index in [2.05, 4.69) is 33.2 Å². The molecule has 0 bridgehead atoms. The molecular formula is C18H23ClNO+. The molecule has 0 radical (unpaired) electrons. The van der Waals surface area contributed by atoms with Crippen molar-refractivity contribution in [3.8, 4) is 0 Å². The number of likely N-dealkylation sites (N-methyl/N-ethyl adjacent to an activating group) is 1. The van der Waals surface area contributed by atoms with E-state index in [0.717, 1.165) is 22.7 Å². The number of quaternary nitrogens is 1. The highest BCUT2D eigenvalue weighted by Gasteiger charge is 2.29. The molecule has 0 heterocycles. The fraction of sp³-hybridized carbons (Fsp3) is 0.333. The highest BCUT2D eigenvalue weighted by molar-refractivity contribution is 6.30. The second-order valence-electron chi connectivity index (χ2n) is 5.71. The zero-order chi connectivity index (χ0) is 15.3. The topological polar surface area (TPSA) is 13.7 Å². The number of nitrogens with one attached hydrogen (secondary N) is 1. The molecule has 112 valence electrons. The quantitative estimate of drug-likeness (QED) is 0.866. The SMILES string of the molecule is C[NH+](C)CCO[C@@](C)(c1ccccc1)c1ccc(Cl)cc1. The standard InChI is InChI=1S/C18H22ClNO/c1-18(21-14-13-20(2)3,15-7-5-4-6-8-15)16-9-11-17(19)12-10-16/h4-12H,13-14H2,1-3H3/p+1/t18-/m0/s1. The van der Waals surface area contributed by atoms with Crippen molar-refractivity contribution in [3.63, 3.8) is 0 Å². The molecule has 2 aromatic carbocycles. The van der Waals surface area contributed by atoms with Crippen LogP contribution in [0.15, 0.2) is 54.6 Å². The van der Waals surface area contributed by atoms with E-state index in [0.29, 0.717) is 6.61 Å². The first-order valence-corrected chi connectivity index (χ1v) is 7.65. The van der Waals surface area contributed by atoms with Crippen LogP contribution in [-0.2, 0) is 10.3 Å². The lowest BCUT2D eigenvalue weighted by molar-refractivity contribution is -0.859. The molecule has 2 aromatic rings. The van der Waals surface area contributed by atoms with Gasteiger partial charge in [0.25, 0.3) is 0 Å². The Morgan fingerprint density at radius 2 is 1.52 bits per heavy atom. The first kappa shape index (κ1) is 16.0. The summed E-state index contributed by atoms with van der Waals surface area (Å²) in [5.41, 5.74) is 1.81. The Kier molecular flexibility index (Phi) is 5.40. The second kappa shape index (κ2) is 7.08. The number of benzene rings is 2. The van der Waals surface area contributed by atoms with Crippen molar-refractivity contribution in [2.45, 2.75) is 12.5 Å². The summed E-state index contributed by atoms with van der Waals surface area (Å²) >= 11 is 6.01. The molecule has 0 spiro atoms. The summed E-state index contributed by atoms with van der Waals surface area (Å²) < 4.78 is 6.29. The van der Waals surface area contributed by atoms with Gasteiger partial charge in [-0.1, -0.05) is 54.1 Å².